The fourth-order valence-electron chi connectivity index (χ4n) is 1.40. The second kappa shape index (κ2) is 4.47. The van der Waals surface area contributed by atoms with Crippen LogP contribution in [0.3, 0.4) is 0 Å². The maximum absolute atomic E-state index is 8.72. The number of hydrogen-bond acceptors (Lipinski definition) is 5. The summed E-state index contributed by atoms with van der Waals surface area (Å²) in [5.74, 6) is 5.77. The van der Waals surface area contributed by atoms with Crippen LogP contribution < -0.4 is 10.9 Å². The predicted octanol–water partition coefficient (Wildman–Crippen LogP) is 2.14. The number of nitriles is 1. The molecule has 0 fully saturated rings. The molecule has 1 aromatic carbocycles. The summed E-state index contributed by atoms with van der Waals surface area (Å²) in [5, 5.41) is 11.0. The number of hydrazine groups is 1. The third kappa shape index (κ3) is 2.13. The minimum atomic E-state index is -0.1000. The Morgan fingerprint density at radius 3 is 3.00 bits per heavy atom. The van der Waals surface area contributed by atoms with Gasteiger partial charge in [-0.15, -0.1) is 0 Å². The number of anilines is 1. The highest BCUT2D eigenvalue weighted by molar-refractivity contribution is 7.22. The van der Waals surface area contributed by atoms with Crippen molar-refractivity contribution in [3.63, 3.8) is 0 Å². The number of hydrogen-bond donors (Lipinski definition) is 1. The fourth-order valence-corrected chi connectivity index (χ4v) is 2.29. The van der Waals surface area contributed by atoms with Gasteiger partial charge < -0.3 is 0 Å². The van der Waals surface area contributed by atoms with Gasteiger partial charge in [-0.3, -0.25) is 5.01 Å². The van der Waals surface area contributed by atoms with Gasteiger partial charge in [-0.05, 0) is 19.1 Å². The molecule has 1 heterocycles. The summed E-state index contributed by atoms with van der Waals surface area (Å²) in [5.41, 5.74) is 0.947. The Hall–Kier alpha value is -1.64. The average Bonchev–Trinajstić information content (AvgIpc) is 2.72. The maximum atomic E-state index is 8.72. The molecule has 16 heavy (non-hydrogen) atoms. The summed E-state index contributed by atoms with van der Waals surface area (Å²) >= 11 is 1.54. The van der Waals surface area contributed by atoms with E-state index in [2.05, 4.69) is 11.1 Å². The van der Waals surface area contributed by atoms with Crippen molar-refractivity contribution >= 4 is 26.7 Å². The van der Waals surface area contributed by atoms with Gasteiger partial charge in [-0.25, -0.2) is 10.8 Å². The summed E-state index contributed by atoms with van der Waals surface area (Å²) in [6, 6.07) is 10.0. The van der Waals surface area contributed by atoms with Gasteiger partial charge in [0.25, 0.3) is 0 Å². The van der Waals surface area contributed by atoms with Gasteiger partial charge in [0.2, 0.25) is 5.13 Å². The molecule has 2 N–H and O–H groups in total. The van der Waals surface area contributed by atoms with E-state index in [9.17, 15) is 0 Å². The lowest BCUT2D eigenvalue weighted by atomic mass is 10.2. The van der Waals surface area contributed by atoms with Crippen LogP contribution in [0.2, 0.25) is 0 Å². The molecule has 1 unspecified atom stereocenters. The standard InChI is InChI=1S/C11H12N4S/c1-8(6-12)7-15(13)11-14-9-4-2-3-5-10(9)16-11/h2-5,8H,7,13H2,1H3. The van der Waals surface area contributed by atoms with E-state index in [4.69, 9.17) is 11.1 Å². The van der Waals surface area contributed by atoms with E-state index >= 15 is 0 Å². The van der Waals surface area contributed by atoms with Gasteiger partial charge in [0.15, 0.2) is 0 Å². The van der Waals surface area contributed by atoms with Gasteiger partial charge in [-0.1, -0.05) is 23.5 Å². The number of nitrogens with zero attached hydrogens (tertiary/aromatic N) is 3. The molecular weight excluding hydrogens is 220 g/mol. The Kier molecular flexibility index (Phi) is 3.04. The van der Waals surface area contributed by atoms with E-state index in [1.807, 2.05) is 31.2 Å². The molecule has 1 aromatic heterocycles. The van der Waals surface area contributed by atoms with Crippen molar-refractivity contribution in [1.29, 1.82) is 5.26 Å². The molecule has 0 bridgehead atoms. The van der Waals surface area contributed by atoms with Crippen molar-refractivity contribution in [2.45, 2.75) is 6.92 Å². The van der Waals surface area contributed by atoms with Crippen LogP contribution in [0.5, 0.6) is 0 Å². The highest BCUT2D eigenvalue weighted by atomic mass is 32.1. The minimum Gasteiger partial charge on any atom is -0.285 e. The monoisotopic (exact) mass is 232 g/mol. The average molecular weight is 232 g/mol. The first-order valence-corrected chi connectivity index (χ1v) is 5.80. The van der Waals surface area contributed by atoms with E-state index < -0.39 is 0 Å². The van der Waals surface area contributed by atoms with Crippen LogP contribution in [0.1, 0.15) is 6.92 Å². The molecule has 0 spiro atoms. The maximum Gasteiger partial charge on any atom is 0.200 e. The zero-order valence-corrected chi connectivity index (χ0v) is 9.74. The number of nitrogens with two attached hydrogens (primary N) is 1. The second-order valence-electron chi connectivity index (χ2n) is 3.65. The topological polar surface area (TPSA) is 65.9 Å². The SMILES string of the molecule is CC(C#N)CN(N)c1nc2ccccc2s1. The molecule has 1 atom stereocenters. The first kappa shape index (κ1) is 10.9. The molecule has 5 heteroatoms. The Bertz CT molecular complexity index is 495. The zero-order chi connectivity index (χ0) is 11.5. The van der Waals surface area contributed by atoms with Crippen LogP contribution in [0.15, 0.2) is 24.3 Å². The van der Waals surface area contributed by atoms with E-state index in [0.717, 1.165) is 15.3 Å². The quantitative estimate of drug-likeness (QED) is 0.650. The van der Waals surface area contributed by atoms with Gasteiger partial charge >= 0.3 is 0 Å². The lowest BCUT2D eigenvalue weighted by Crippen LogP contribution is -2.34. The van der Waals surface area contributed by atoms with Crippen molar-refractivity contribution in [3.8, 4) is 6.07 Å². The van der Waals surface area contributed by atoms with E-state index in [1.54, 1.807) is 5.01 Å². The smallest absolute Gasteiger partial charge is 0.200 e. The molecule has 0 amide bonds. The molecular formula is C11H12N4S. The number of thiazole rings is 1. The molecule has 4 nitrogen and oxygen atoms in total. The third-order valence-electron chi connectivity index (χ3n) is 2.22. The number of rotatable bonds is 3. The molecule has 82 valence electrons. The minimum absolute atomic E-state index is 0.1000. The highest BCUT2D eigenvalue weighted by Gasteiger charge is 2.11. The van der Waals surface area contributed by atoms with Gasteiger partial charge in [0.1, 0.15) is 0 Å². The van der Waals surface area contributed by atoms with Crippen LogP contribution in [0.4, 0.5) is 5.13 Å². The lowest BCUT2D eigenvalue weighted by Gasteiger charge is -2.15. The molecule has 2 aromatic rings. The molecule has 0 saturated heterocycles. The first-order valence-electron chi connectivity index (χ1n) is 4.98. The van der Waals surface area contributed by atoms with E-state index in [-0.39, 0.29) is 5.92 Å². The van der Waals surface area contributed by atoms with Crippen LogP contribution >= 0.6 is 11.3 Å². The molecule has 0 radical (unpaired) electrons. The number of benzene rings is 1. The van der Waals surface area contributed by atoms with Crippen molar-refractivity contribution in [2.24, 2.45) is 11.8 Å². The summed E-state index contributed by atoms with van der Waals surface area (Å²) in [4.78, 5) is 4.41. The highest BCUT2D eigenvalue weighted by Crippen LogP contribution is 2.27. The van der Waals surface area contributed by atoms with Crippen LogP contribution in [-0.4, -0.2) is 11.5 Å². The number of aromatic nitrogens is 1. The van der Waals surface area contributed by atoms with Crippen LogP contribution in [-0.2, 0) is 0 Å². The van der Waals surface area contributed by atoms with E-state index in [1.165, 1.54) is 11.3 Å². The van der Waals surface area contributed by atoms with E-state index in [0.29, 0.717) is 6.54 Å². The van der Waals surface area contributed by atoms with Crippen LogP contribution in [0, 0.1) is 17.2 Å². The van der Waals surface area contributed by atoms with Gasteiger partial charge in [0.05, 0.1) is 28.7 Å². The van der Waals surface area contributed by atoms with Gasteiger partial charge in [0, 0.05) is 0 Å². The normalized spacial score (nSPS) is 12.3. The second-order valence-corrected chi connectivity index (χ2v) is 4.66. The van der Waals surface area contributed by atoms with Crippen molar-refractivity contribution in [3.05, 3.63) is 24.3 Å². The van der Waals surface area contributed by atoms with Crippen molar-refractivity contribution in [2.75, 3.05) is 11.6 Å². The third-order valence-corrected chi connectivity index (χ3v) is 3.29. The molecule has 0 aliphatic rings. The summed E-state index contributed by atoms with van der Waals surface area (Å²) < 4.78 is 1.11. The molecule has 0 saturated carbocycles. The van der Waals surface area contributed by atoms with Crippen LogP contribution in [0.25, 0.3) is 10.2 Å². The Labute approximate surface area is 97.9 Å². The molecule has 0 aliphatic carbocycles. The zero-order valence-electron chi connectivity index (χ0n) is 8.92. The Morgan fingerprint density at radius 2 is 2.31 bits per heavy atom. The first-order chi connectivity index (χ1) is 7.70. The Balaban J connectivity index is 2.23. The van der Waals surface area contributed by atoms with Crippen molar-refractivity contribution in [1.82, 2.24) is 4.98 Å². The van der Waals surface area contributed by atoms with Gasteiger partial charge in [-0.2, -0.15) is 5.26 Å². The van der Waals surface area contributed by atoms with Crippen molar-refractivity contribution < 1.29 is 0 Å². The largest absolute Gasteiger partial charge is 0.285 e. The Morgan fingerprint density at radius 1 is 1.56 bits per heavy atom. The molecule has 0 aliphatic heterocycles. The summed E-state index contributed by atoms with van der Waals surface area (Å²) in [7, 11) is 0. The predicted molar refractivity (Wildman–Crippen MR) is 65.9 cm³/mol. The number of fused-ring (bicyclic) bond motifs is 1. The summed E-state index contributed by atoms with van der Waals surface area (Å²) in [6.45, 7) is 2.34. The summed E-state index contributed by atoms with van der Waals surface area (Å²) in [6.07, 6.45) is 0. The fraction of sp³-hybridized carbons (Fsp3) is 0.273. The number of para-hydroxylation sites is 1. The molecule has 2 rings (SSSR count). The lowest BCUT2D eigenvalue weighted by molar-refractivity contribution is 0.689.